The Hall–Kier alpha value is -3.39. The van der Waals surface area contributed by atoms with Crippen LogP contribution in [0, 0.1) is 12.7 Å². The van der Waals surface area contributed by atoms with Crippen molar-refractivity contribution in [2.24, 2.45) is 0 Å². The van der Waals surface area contributed by atoms with Crippen molar-refractivity contribution >= 4 is 21.6 Å². The number of carbonyl (C=O) groups is 1. The van der Waals surface area contributed by atoms with Crippen LogP contribution in [0.2, 0.25) is 0 Å². The average Bonchev–Trinajstić information content (AvgIpc) is 2.78. The number of hydrogen-bond donors (Lipinski definition) is 1. The minimum Gasteiger partial charge on any atom is -0.496 e. The fourth-order valence-corrected chi connectivity index (χ4v) is 4.70. The summed E-state index contributed by atoms with van der Waals surface area (Å²) in [4.78, 5) is 12.8. The number of hydrogen-bond acceptors (Lipinski definition) is 4. The molecule has 0 bridgehead atoms. The highest BCUT2D eigenvalue weighted by atomic mass is 32.2. The molecule has 0 aromatic heterocycles. The molecule has 0 saturated heterocycles. The second-order valence-electron chi connectivity index (χ2n) is 7.33. The van der Waals surface area contributed by atoms with Gasteiger partial charge in [-0.1, -0.05) is 35.9 Å². The lowest BCUT2D eigenvalue weighted by molar-refractivity contribution is -0.120. The standard InChI is InChI=1S/C24H25FN2O4S/c1-17-8-12-20(13-9-17)27(32(29,30)21-14-10-19(25)11-15-21)16-24(28)26-18(2)22-6-4-5-7-23(22)31-3/h4-15,18H,16H2,1-3H3,(H,26,28)/t18-/m1/s1. The summed E-state index contributed by atoms with van der Waals surface area (Å²) in [5.74, 6) is -0.418. The third-order valence-corrected chi connectivity index (χ3v) is 6.78. The van der Waals surface area contributed by atoms with Crippen LogP contribution in [0.15, 0.2) is 77.7 Å². The van der Waals surface area contributed by atoms with E-state index in [1.165, 1.54) is 12.1 Å². The Morgan fingerprint density at radius 2 is 1.66 bits per heavy atom. The van der Waals surface area contributed by atoms with Gasteiger partial charge >= 0.3 is 0 Å². The largest absolute Gasteiger partial charge is 0.496 e. The van der Waals surface area contributed by atoms with Crippen molar-refractivity contribution in [3.05, 3.63) is 89.7 Å². The molecular formula is C24H25FN2O4S. The lowest BCUT2D eigenvalue weighted by Gasteiger charge is -2.25. The normalized spacial score (nSPS) is 12.1. The number of rotatable bonds is 8. The van der Waals surface area contributed by atoms with Gasteiger partial charge in [-0.2, -0.15) is 0 Å². The number of benzene rings is 3. The smallest absolute Gasteiger partial charge is 0.264 e. The molecule has 32 heavy (non-hydrogen) atoms. The Kier molecular flexibility index (Phi) is 7.15. The van der Waals surface area contributed by atoms with Gasteiger partial charge in [0.1, 0.15) is 18.1 Å². The van der Waals surface area contributed by atoms with Gasteiger partial charge in [-0.3, -0.25) is 9.10 Å². The van der Waals surface area contributed by atoms with Gasteiger partial charge in [-0.15, -0.1) is 0 Å². The van der Waals surface area contributed by atoms with Crippen molar-refractivity contribution in [2.45, 2.75) is 24.8 Å². The number of anilines is 1. The molecule has 0 unspecified atom stereocenters. The molecule has 168 valence electrons. The van der Waals surface area contributed by atoms with E-state index in [1.807, 2.05) is 25.1 Å². The monoisotopic (exact) mass is 456 g/mol. The first-order chi connectivity index (χ1) is 15.2. The number of carbonyl (C=O) groups excluding carboxylic acids is 1. The Labute approximate surface area is 187 Å². The van der Waals surface area contributed by atoms with E-state index < -0.39 is 34.3 Å². The summed E-state index contributed by atoms with van der Waals surface area (Å²) < 4.78 is 46.3. The van der Waals surface area contributed by atoms with Crippen molar-refractivity contribution in [3.63, 3.8) is 0 Å². The molecule has 0 aliphatic rings. The van der Waals surface area contributed by atoms with E-state index >= 15 is 0 Å². The fraction of sp³-hybridized carbons (Fsp3) is 0.208. The van der Waals surface area contributed by atoms with Crippen molar-refractivity contribution in [1.82, 2.24) is 5.32 Å². The molecule has 6 nitrogen and oxygen atoms in total. The average molecular weight is 457 g/mol. The Morgan fingerprint density at radius 1 is 1.03 bits per heavy atom. The summed E-state index contributed by atoms with van der Waals surface area (Å²) >= 11 is 0. The van der Waals surface area contributed by atoms with Crippen LogP contribution >= 0.6 is 0 Å². The highest BCUT2D eigenvalue weighted by molar-refractivity contribution is 7.92. The van der Waals surface area contributed by atoms with E-state index in [-0.39, 0.29) is 4.90 Å². The minimum absolute atomic E-state index is 0.106. The van der Waals surface area contributed by atoms with E-state index in [0.29, 0.717) is 11.4 Å². The zero-order valence-corrected chi connectivity index (χ0v) is 18.9. The molecule has 0 fully saturated rings. The first-order valence-corrected chi connectivity index (χ1v) is 11.4. The van der Waals surface area contributed by atoms with Crippen molar-refractivity contribution in [2.75, 3.05) is 18.0 Å². The van der Waals surface area contributed by atoms with Gasteiger partial charge in [0.25, 0.3) is 10.0 Å². The van der Waals surface area contributed by atoms with Crippen LogP contribution in [-0.2, 0) is 14.8 Å². The molecule has 8 heteroatoms. The lowest BCUT2D eigenvalue weighted by atomic mass is 10.1. The highest BCUT2D eigenvalue weighted by Gasteiger charge is 2.28. The predicted molar refractivity (Wildman–Crippen MR) is 122 cm³/mol. The Morgan fingerprint density at radius 3 is 2.28 bits per heavy atom. The van der Waals surface area contributed by atoms with Crippen LogP contribution in [0.1, 0.15) is 24.1 Å². The summed E-state index contributed by atoms with van der Waals surface area (Å²) in [5.41, 5.74) is 2.05. The van der Waals surface area contributed by atoms with Crippen LogP contribution in [0.25, 0.3) is 0 Å². The molecular weight excluding hydrogens is 431 g/mol. The molecule has 3 aromatic carbocycles. The van der Waals surface area contributed by atoms with Crippen molar-refractivity contribution < 1.29 is 22.3 Å². The third kappa shape index (κ3) is 5.26. The van der Waals surface area contributed by atoms with Gasteiger partial charge in [0.2, 0.25) is 5.91 Å². The molecule has 0 heterocycles. The maximum absolute atomic E-state index is 13.3. The summed E-state index contributed by atoms with van der Waals surface area (Å²) in [5, 5.41) is 2.83. The number of halogens is 1. The van der Waals surface area contributed by atoms with Gasteiger partial charge in [0.05, 0.1) is 23.7 Å². The molecule has 0 aliphatic heterocycles. The van der Waals surface area contributed by atoms with E-state index in [1.54, 1.807) is 44.4 Å². The predicted octanol–water partition coefficient (Wildman–Crippen LogP) is 4.22. The minimum atomic E-state index is -4.11. The number of nitrogens with one attached hydrogen (secondary N) is 1. The van der Waals surface area contributed by atoms with Crippen LogP contribution in [0.3, 0.4) is 0 Å². The Balaban J connectivity index is 1.89. The van der Waals surface area contributed by atoms with E-state index in [0.717, 1.165) is 27.6 Å². The lowest BCUT2D eigenvalue weighted by Crippen LogP contribution is -2.41. The maximum Gasteiger partial charge on any atom is 0.264 e. The summed E-state index contributed by atoms with van der Waals surface area (Å²) in [7, 11) is -2.57. The maximum atomic E-state index is 13.3. The molecule has 3 aromatic rings. The van der Waals surface area contributed by atoms with Gasteiger partial charge in [-0.25, -0.2) is 12.8 Å². The molecule has 1 amide bonds. The van der Waals surface area contributed by atoms with Gasteiger partial charge in [-0.05, 0) is 56.3 Å². The molecule has 3 rings (SSSR count). The first-order valence-electron chi connectivity index (χ1n) is 9.99. The van der Waals surface area contributed by atoms with E-state index in [9.17, 15) is 17.6 Å². The number of sulfonamides is 1. The number of methoxy groups -OCH3 is 1. The number of nitrogens with zero attached hydrogens (tertiary/aromatic N) is 1. The van der Waals surface area contributed by atoms with E-state index in [2.05, 4.69) is 5.32 Å². The fourth-order valence-electron chi connectivity index (χ4n) is 3.28. The van der Waals surface area contributed by atoms with Crippen LogP contribution in [0.4, 0.5) is 10.1 Å². The molecule has 0 saturated carbocycles. The number of para-hydroxylation sites is 1. The SMILES string of the molecule is COc1ccccc1[C@@H](C)NC(=O)CN(c1ccc(C)cc1)S(=O)(=O)c1ccc(F)cc1. The van der Waals surface area contributed by atoms with Crippen LogP contribution in [-0.4, -0.2) is 28.0 Å². The number of amides is 1. The molecule has 0 spiro atoms. The van der Waals surface area contributed by atoms with Crippen molar-refractivity contribution in [3.8, 4) is 5.75 Å². The number of aryl methyl sites for hydroxylation is 1. The Bertz CT molecular complexity index is 1180. The summed E-state index contributed by atoms with van der Waals surface area (Å²) in [6.45, 7) is 3.23. The molecule has 1 atom stereocenters. The summed E-state index contributed by atoms with van der Waals surface area (Å²) in [6.07, 6.45) is 0. The van der Waals surface area contributed by atoms with E-state index in [4.69, 9.17) is 4.74 Å². The van der Waals surface area contributed by atoms with Crippen molar-refractivity contribution in [1.29, 1.82) is 0 Å². The van der Waals surface area contributed by atoms with Crippen LogP contribution in [0.5, 0.6) is 5.75 Å². The second kappa shape index (κ2) is 9.82. The first kappa shape index (κ1) is 23.3. The molecule has 0 radical (unpaired) electrons. The topological polar surface area (TPSA) is 75.7 Å². The summed E-state index contributed by atoms with van der Waals surface area (Å²) in [6, 6.07) is 18.2. The third-order valence-electron chi connectivity index (χ3n) is 4.99. The van der Waals surface area contributed by atoms with Gasteiger partial charge < -0.3 is 10.1 Å². The molecule has 0 aliphatic carbocycles. The van der Waals surface area contributed by atoms with Crippen LogP contribution < -0.4 is 14.4 Å². The van der Waals surface area contributed by atoms with Gasteiger partial charge in [0, 0.05) is 5.56 Å². The quantitative estimate of drug-likeness (QED) is 0.551. The van der Waals surface area contributed by atoms with Gasteiger partial charge in [0.15, 0.2) is 0 Å². The highest BCUT2D eigenvalue weighted by Crippen LogP contribution is 2.26. The zero-order chi connectivity index (χ0) is 23.3. The zero-order valence-electron chi connectivity index (χ0n) is 18.1. The second-order valence-corrected chi connectivity index (χ2v) is 9.19. The number of ether oxygens (including phenoxy) is 1. The molecule has 1 N–H and O–H groups in total.